The van der Waals surface area contributed by atoms with Gasteiger partial charge in [0.25, 0.3) is 0 Å². The molecule has 2 heterocycles. The lowest BCUT2D eigenvalue weighted by Gasteiger charge is -2.29. The van der Waals surface area contributed by atoms with E-state index in [1.54, 1.807) is 4.90 Å². The maximum Gasteiger partial charge on any atom is 0.417 e. The Morgan fingerprint density at radius 1 is 1.22 bits per heavy atom. The van der Waals surface area contributed by atoms with Crippen LogP contribution in [0.4, 0.5) is 5.69 Å². The van der Waals surface area contributed by atoms with Crippen molar-refractivity contribution in [2.45, 2.75) is 17.7 Å². The van der Waals surface area contributed by atoms with Crippen molar-refractivity contribution in [1.82, 2.24) is 9.71 Å². The highest BCUT2D eigenvalue weighted by Crippen LogP contribution is 2.26. The summed E-state index contributed by atoms with van der Waals surface area (Å²) in [5.41, 5.74) is 2.44. The number of hydrogen-bond donors (Lipinski definition) is 2. The first-order chi connectivity index (χ1) is 12.9. The zero-order chi connectivity index (χ0) is 19.0. The summed E-state index contributed by atoms with van der Waals surface area (Å²) in [6.45, 7) is 0.198. The minimum atomic E-state index is -3.93. The zero-order valence-corrected chi connectivity index (χ0v) is 15.1. The van der Waals surface area contributed by atoms with Crippen LogP contribution in [-0.4, -0.2) is 32.4 Å². The van der Waals surface area contributed by atoms with Gasteiger partial charge in [0, 0.05) is 18.3 Å². The number of carbonyl (C=O) groups is 1. The van der Waals surface area contributed by atoms with Crippen LogP contribution in [0, 0.1) is 0 Å². The molecule has 9 heteroatoms. The standard InChI is InChI=1S/C18H17N3O5S/c22-17(21-9-3-5-12-4-1-2-6-15(12)21)11-19-27(24,25)13-7-8-14-16(10-13)26-18(23)20-14/h1-2,4,6-8,10,19H,3,5,9,11H2,(H,20,23). The SMILES string of the molecule is O=C(CNS(=O)(=O)c1ccc2[nH]c(=O)oc2c1)N1CCCc2ccccc21. The van der Waals surface area contributed by atoms with Crippen LogP contribution in [0.3, 0.4) is 0 Å². The summed E-state index contributed by atoms with van der Waals surface area (Å²) in [7, 11) is -3.93. The molecule has 0 bridgehead atoms. The molecule has 0 atom stereocenters. The lowest BCUT2D eigenvalue weighted by molar-refractivity contribution is -0.117. The number of sulfonamides is 1. The van der Waals surface area contributed by atoms with Crippen LogP contribution in [0.15, 0.2) is 56.6 Å². The summed E-state index contributed by atoms with van der Waals surface area (Å²) in [5, 5.41) is 0. The number of anilines is 1. The second-order valence-corrected chi connectivity index (χ2v) is 8.04. The second-order valence-electron chi connectivity index (χ2n) is 6.27. The average Bonchev–Trinajstić information content (AvgIpc) is 3.05. The van der Waals surface area contributed by atoms with Crippen molar-refractivity contribution >= 4 is 32.7 Å². The number of nitrogens with zero attached hydrogens (tertiary/aromatic N) is 1. The van der Waals surface area contributed by atoms with Crippen molar-refractivity contribution in [3.8, 4) is 0 Å². The smallest absolute Gasteiger partial charge is 0.408 e. The molecule has 0 saturated heterocycles. The van der Waals surface area contributed by atoms with E-state index in [2.05, 4.69) is 9.71 Å². The first-order valence-electron chi connectivity index (χ1n) is 8.45. The van der Waals surface area contributed by atoms with Gasteiger partial charge in [-0.1, -0.05) is 18.2 Å². The van der Waals surface area contributed by atoms with E-state index in [-0.39, 0.29) is 22.9 Å². The summed E-state index contributed by atoms with van der Waals surface area (Å²) in [5.74, 6) is -0.980. The van der Waals surface area contributed by atoms with Gasteiger partial charge in [-0.25, -0.2) is 17.9 Å². The van der Waals surface area contributed by atoms with Crippen molar-refractivity contribution in [1.29, 1.82) is 0 Å². The highest BCUT2D eigenvalue weighted by Gasteiger charge is 2.24. The molecule has 2 aromatic carbocycles. The molecular formula is C18H17N3O5S. The molecule has 0 unspecified atom stereocenters. The second kappa shape index (κ2) is 6.67. The van der Waals surface area contributed by atoms with Crippen LogP contribution < -0.4 is 15.4 Å². The van der Waals surface area contributed by atoms with Gasteiger partial charge in [0.1, 0.15) is 0 Å². The predicted molar refractivity (Wildman–Crippen MR) is 99.1 cm³/mol. The lowest BCUT2D eigenvalue weighted by atomic mass is 10.0. The maximum atomic E-state index is 12.6. The van der Waals surface area contributed by atoms with Gasteiger partial charge in [0.2, 0.25) is 15.9 Å². The minimum absolute atomic E-state index is 0.0791. The average molecular weight is 387 g/mol. The summed E-state index contributed by atoms with van der Waals surface area (Å²) in [6.07, 6.45) is 1.73. The van der Waals surface area contributed by atoms with Crippen molar-refractivity contribution in [2.24, 2.45) is 0 Å². The van der Waals surface area contributed by atoms with Gasteiger partial charge < -0.3 is 9.32 Å². The number of aromatic nitrogens is 1. The van der Waals surface area contributed by atoms with E-state index < -0.39 is 15.8 Å². The van der Waals surface area contributed by atoms with Gasteiger partial charge in [-0.05, 0) is 36.6 Å². The van der Waals surface area contributed by atoms with E-state index in [1.165, 1.54) is 18.2 Å². The number of H-pyrrole nitrogens is 1. The summed E-state index contributed by atoms with van der Waals surface area (Å²) < 4.78 is 32.2. The van der Waals surface area contributed by atoms with Gasteiger partial charge in [-0.2, -0.15) is 0 Å². The summed E-state index contributed by atoms with van der Waals surface area (Å²) >= 11 is 0. The first kappa shape index (κ1) is 17.5. The van der Waals surface area contributed by atoms with E-state index in [0.29, 0.717) is 12.1 Å². The minimum Gasteiger partial charge on any atom is -0.408 e. The molecule has 140 valence electrons. The number of carbonyl (C=O) groups excluding carboxylic acids is 1. The molecule has 3 aromatic rings. The third-order valence-electron chi connectivity index (χ3n) is 4.53. The molecule has 2 N–H and O–H groups in total. The van der Waals surface area contributed by atoms with E-state index in [4.69, 9.17) is 4.42 Å². The van der Waals surface area contributed by atoms with E-state index in [0.717, 1.165) is 24.1 Å². The molecule has 0 radical (unpaired) electrons. The number of fused-ring (bicyclic) bond motifs is 2. The zero-order valence-electron chi connectivity index (χ0n) is 14.3. The molecule has 1 aliphatic rings. The number of aryl methyl sites for hydroxylation is 1. The van der Waals surface area contributed by atoms with Crippen molar-refractivity contribution < 1.29 is 17.6 Å². The van der Waals surface area contributed by atoms with Crippen LogP contribution in [0.25, 0.3) is 11.1 Å². The number of aromatic amines is 1. The number of hydrogen-bond acceptors (Lipinski definition) is 5. The number of para-hydroxylation sites is 1. The van der Waals surface area contributed by atoms with Crippen molar-refractivity contribution in [3.05, 3.63) is 58.6 Å². The highest BCUT2D eigenvalue weighted by molar-refractivity contribution is 7.89. The fraction of sp³-hybridized carbons (Fsp3) is 0.222. The summed E-state index contributed by atoms with van der Waals surface area (Å²) in [4.78, 5) is 27.8. The van der Waals surface area contributed by atoms with E-state index >= 15 is 0 Å². The van der Waals surface area contributed by atoms with Gasteiger partial charge in [0.05, 0.1) is 17.0 Å². The fourth-order valence-electron chi connectivity index (χ4n) is 3.22. The number of nitrogens with one attached hydrogen (secondary N) is 2. The fourth-order valence-corrected chi connectivity index (χ4v) is 4.21. The molecule has 1 aliphatic heterocycles. The quantitative estimate of drug-likeness (QED) is 0.702. The Kier molecular flexibility index (Phi) is 4.33. The molecule has 0 aliphatic carbocycles. The van der Waals surface area contributed by atoms with E-state index in [9.17, 15) is 18.0 Å². The Labute approximate surface area is 154 Å². The molecule has 0 spiro atoms. The highest BCUT2D eigenvalue weighted by atomic mass is 32.2. The Balaban J connectivity index is 1.52. The predicted octanol–water partition coefficient (Wildman–Crippen LogP) is 1.38. The van der Waals surface area contributed by atoms with Crippen molar-refractivity contribution in [3.63, 3.8) is 0 Å². The molecular weight excluding hydrogens is 370 g/mol. The largest absolute Gasteiger partial charge is 0.417 e. The normalized spacial score (nSPS) is 14.3. The van der Waals surface area contributed by atoms with Crippen LogP contribution in [-0.2, 0) is 21.2 Å². The molecule has 8 nitrogen and oxygen atoms in total. The van der Waals surface area contributed by atoms with Gasteiger partial charge in [-0.3, -0.25) is 9.78 Å². The van der Waals surface area contributed by atoms with Crippen LogP contribution in [0.5, 0.6) is 0 Å². The van der Waals surface area contributed by atoms with Crippen molar-refractivity contribution in [2.75, 3.05) is 18.0 Å². The third-order valence-corrected chi connectivity index (χ3v) is 5.93. The Bertz CT molecular complexity index is 1180. The monoisotopic (exact) mass is 387 g/mol. The van der Waals surface area contributed by atoms with Crippen LogP contribution in [0.1, 0.15) is 12.0 Å². The van der Waals surface area contributed by atoms with Crippen LogP contribution >= 0.6 is 0 Å². The van der Waals surface area contributed by atoms with E-state index in [1.807, 2.05) is 24.3 Å². The topological polar surface area (TPSA) is 112 Å². The first-order valence-corrected chi connectivity index (χ1v) is 9.93. The number of oxazole rings is 1. The maximum absolute atomic E-state index is 12.6. The third kappa shape index (κ3) is 3.38. The molecule has 4 rings (SSSR count). The Morgan fingerprint density at radius 3 is 2.89 bits per heavy atom. The Hall–Kier alpha value is -2.91. The van der Waals surface area contributed by atoms with Crippen LogP contribution in [0.2, 0.25) is 0 Å². The lowest BCUT2D eigenvalue weighted by Crippen LogP contribution is -2.42. The van der Waals surface area contributed by atoms with Gasteiger partial charge >= 0.3 is 5.76 Å². The molecule has 0 saturated carbocycles. The van der Waals surface area contributed by atoms with Gasteiger partial charge in [-0.15, -0.1) is 0 Å². The molecule has 0 fully saturated rings. The van der Waals surface area contributed by atoms with Gasteiger partial charge in [0.15, 0.2) is 5.58 Å². The number of benzene rings is 2. The number of rotatable bonds is 4. The summed E-state index contributed by atoms with van der Waals surface area (Å²) in [6, 6.07) is 11.6. The molecule has 1 aromatic heterocycles. The Morgan fingerprint density at radius 2 is 2.04 bits per heavy atom. The molecule has 1 amide bonds. The number of amides is 1. The molecule has 27 heavy (non-hydrogen) atoms.